The summed E-state index contributed by atoms with van der Waals surface area (Å²) in [6, 6.07) is 4.10. The van der Waals surface area contributed by atoms with Crippen molar-refractivity contribution in [3.05, 3.63) is 41.9 Å². The number of nitrogens with one attached hydrogen (secondary N) is 2. The summed E-state index contributed by atoms with van der Waals surface area (Å²) in [6.45, 7) is 4.83. The van der Waals surface area contributed by atoms with Crippen LogP contribution >= 0.6 is 0 Å². The van der Waals surface area contributed by atoms with Crippen LogP contribution in [-0.2, 0) is 4.79 Å². The van der Waals surface area contributed by atoms with Crippen LogP contribution in [0.2, 0.25) is 0 Å². The number of hydrogen-bond acceptors (Lipinski definition) is 9. The number of aromatic nitrogens is 2. The second-order valence-corrected chi connectivity index (χ2v) is 7.56. The van der Waals surface area contributed by atoms with Crippen molar-refractivity contribution in [2.75, 3.05) is 25.0 Å². The Morgan fingerprint density at radius 2 is 2.00 bits per heavy atom. The minimum Gasteiger partial charge on any atom is -0.362 e. The van der Waals surface area contributed by atoms with Gasteiger partial charge in [-0.3, -0.25) is 19.4 Å². The molecule has 0 saturated carbocycles. The Hall–Kier alpha value is -3.76. The second-order valence-electron chi connectivity index (χ2n) is 7.56. The van der Waals surface area contributed by atoms with Gasteiger partial charge in [0.2, 0.25) is 11.5 Å². The maximum atomic E-state index is 12.9. The van der Waals surface area contributed by atoms with Crippen LogP contribution in [0, 0.1) is 0 Å². The Bertz CT molecular complexity index is 1020. The summed E-state index contributed by atoms with van der Waals surface area (Å²) in [7, 11) is 0. The van der Waals surface area contributed by atoms with E-state index in [0.29, 0.717) is 36.7 Å². The highest BCUT2D eigenvalue weighted by Gasteiger charge is 2.49. The minimum absolute atomic E-state index is 0.0146. The highest BCUT2D eigenvalue weighted by atomic mass is 16.5. The molecule has 2 atom stereocenters. The number of imide groups is 1. The zero-order valence-electron chi connectivity index (χ0n) is 17.9. The lowest BCUT2D eigenvalue weighted by atomic mass is 10.1. The van der Waals surface area contributed by atoms with Crippen LogP contribution in [0.1, 0.15) is 42.8 Å². The van der Waals surface area contributed by atoms with E-state index in [1.165, 1.54) is 17.2 Å². The molecule has 2 aliphatic rings. The molecule has 11 nitrogen and oxygen atoms in total. The molecule has 0 bridgehead atoms. The number of anilines is 1. The summed E-state index contributed by atoms with van der Waals surface area (Å²) in [5.41, 5.74) is 0.685. The number of rotatable bonds is 9. The van der Waals surface area contributed by atoms with Crippen LogP contribution in [0.3, 0.4) is 0 Å². The Morgan fingerprint density at radius 1 is 1.19 bits per heavy atom. The quantitative estimate of drug-likeness (QED) is 0.562. The fourth-order valence-electron chi connectivity index (χ4n) is 3.75. The van der Waals surface area contributed by atoms with Gasteiger partial charge in [-0.25, -0.2) is 14.8 Å². The lowest BCUT2D eigenvalue weighted by Gasteiger charge is -2.40. The van der Waals surface area contributed by atoms with Gasteiger partial charge in [0.25, 0.3) is 5.91 Å². The van der Waals surface area contributed by atoms with Crippen LogP contribution < -0.4 is 10.6 Å². The summed E-state index contributed by atoms with van der Waals surface area (Å²) in [6.07, 6.45) is 3.90. The number of hydrogen-bond donors (Lipinski definition) is 2. The molecule has 1 saturated heterocycles. The number of fused-ring (bicyclic) bond motifs is 1. The Balaban J connectivity index is 1.46. The van der Waals surface area contributed by atoms with E-state index in [-0.39, 0.29) is 30.0 Å². The van der Waals surface area contributed by atoms with E-state index in [1.807, 2.05) is 13.8 Å². The molecule has 2 aliphatic heterocycles. The van der Waals surface area contributed by atoms with Gasteiger partial charge in [0.05, 0.1) is 12.7 Å². The standard InChI is InChI=1S/C21H25N7O4/c1-3-9-27-19-17(20(30)28(10-4-2)21(27)31)25-18(26-19)13-5-6-16(22-11-13)23-12-14(29)15-7-8-24-32-15/h5-8,11,17,19H,3-4,9-10,12H2,1-2H3,(H,22,23)(H,25,26). The van der Waals surface area contributed by atoms with Gasteiger partial charge in [0.15, 0.2) is 6.17 Å². The van der Waals surface area contributed by atoms with Crippen LogP contribution in [0.5, 0.6) is 0 Å². The first-order valence-corrected chi connectivity index (χ1v) is 10.6. The van der Waals surface area contributed by atoms with Crippen LogP contribution in [0.15, 0.2) is 40.1 Å². The first kappa shape index (κ1) is 21.5. The van der Waals surface area contributed by atoms with Crippen molar-refractivity contribution in [2.24, 2.45) is 4.99 Å². The number of pyridine rings is 1. The zero-order valence-corrected chi connectivity index (χ0v) is 17.9. The molecule has 4 rings (SSSR count). The molecule has 0 aliphatic carbocycles. The second kappa shape index (κ2) is 9.16. The van der Waals surface area contributed by atoms with E-state index in [1.54, 1.807) is 23.2 Å². The molecule has 0 spiro atoms. The summed E-state index contributed by atoms with van der Waals surface area (Å²) in [5.74, 6) is 0.692. The molecule has 3 amide bonds. The molecule has 2 aromatic rings. The summed E-state index contributed by atoms with van der Waals surface area (Å²) < 4.78 is 4.84. The molecule has 168 valence electrons. The normalized spacial score (nSPS) is 20.1. The number of amidine groups is 1. The Kier molecular flexibility index (Phi) is 6.15. The molecule has 2 N–H and O–H groups in total. The van der Waals surface area contributed by atoms with Gasteiger partial charge in [-0.15, -0.1) is 0 Å². The van der Waals surface area contributed by atoms with E-state index < -0.39 is 12.2 Å². The smallest absolute Gasteiger partial charge is 0.328 e. The van der Waals surface area contributed by atoms with Gasteiger partial charge in [-0.05, 0) is 25.0 Å². The van der Waals surface area contributed by atoms with Crippen molar-refractivity contribution < 1.29 is 18.9 Å². The molecule has 4 heterocycles. The molecule has 0 aromatic carbocycles. The lowest BCUT2D eigenvalue weighted by Crippen LogP contribution is -2.65. The maximum Gasteiger partial charge on any atom is 0.328 e. The van der Waals surface area contributed by atoms with Gasteiger partial charge >= 0.3 is 6.03 Å². The number of urea groups is 1. The predicted octanol–water partition coefficient (Wildman–Crippen LogP) is 1.49. The van der Waals surface area contributed by atoms with Gasteiger partial charge in [0.1, 0.15) is 17.7 Å². The molecule has 1 fully saturated rings. The highest BCUT2D eigenvalue weighted by molar-refractivity contribution is 6.08. The average molecular weight is 439 g/mol. The maximum absolute atomic E-state index is 12.9. The number of Topliss-reactive ketones (excluding diaryl/α,β-unsaturated/α-hetero) is 1. The average Bonchev–Trinajstić information content (AvgIpc) is 3.49. The number of amides is 3. The summed E-state index contributed by atoms with van der Waals surface area (Å²) in [5, 5.41) is 9.63. The minimum atomic E-state index is -0.613. The number of ketones is 1. The fourth-order valence-corrected chi connectivity index (χ4v) is 3.75. The third kappa shape index (κ3) is 4.05. The van der Waals surface area contributed by atoms with Crippen molar-refractivity contribution in [2.45, 2.75) is 38.9 Å². The molecule has 0 radical (unpaired) electrons. The van der Waals surface area contributed by atoms with Crippen molar-refractivity contribution in [3.63, 3.8) is 0 Å². The zero-order chi connectivity index (χ0) is 22.7. The van der Waals surface area contributed by atoms with Crippen LogP contribution in [0.4, 0.5) is 10.6 Å². The highest BCUT2D eigenvalue weighted by Crippen LogP contribution is 2.25. The van der Waals surface area contributed by atoms with Gasteiger partial charge in [-0.2, -0.15) is 0 Å². The van der Waals surface area contributed by atoms with Crippen molar-refractivity contribution in [1.82, 2.24) is 25.3 Å². The Labute approximate surface area is 184 Å². The molecule has 2 aromatic heterocycles. The van der Waals surface area contributed by atoms with E-state index in [9.17, 15) is 14.4 Å². The number of nitrogens with zero attached hydrogens (tertiary/aromatic N) is 5. The van der Waals surface area contributed by atoms with Crippen molar-refractivity contribution in [1.29, 1.82) is 0 Å². The van der Waals surface area contributed by atoms with E-state index in [0.717, 1.165) is 6.42 Å². The Morgan fingerprint density at radius 3 is 2.66 bits per heavy atom. The molecule has 32 heavy (non-hydrogen) atoms. The van der Waals surface area contributed by atoms with Crippen LogP contribution in [-0.4, -0.2) is 75.3 Å². The van der Waals surface area contributed by atoms with E-state index in [2.05, 4.69) is 25.8 Å². The molecular weight excluding hydrogens is 414 g/mol. The van der Waals surface area contributed by atoms with E-state index in [4.69, 9.17) is 4.52 Å². The fraction of sp³-hybridized carbons (Fsp3) is 0.429. The summed E-state index contributed by atoms with van der Waals surface area (Å²) >= 11 is 0. The largest absolute Gasteiger partial charge is 0.362 e. The SMILES string of the molecule is CCCN1C(=O)C2NC(c3ccc(NCC(=O)c4ccno4)nc3)=NC2N(CCC)C1=O. The number of carbonyl (C=O) groups is 3. The molecule has 11 heteroatoms. The number of carbonyl (C=O) groups excluding carboxylic acids is 3. The number of aliphatic imine (C=N–C) groups is 1. The first-order valence-electron chi connectivity index (χ1n) is 10.6. The topological polar surface area (TPSA) is 133 Å². The monoisotopic (exact) mass is 439 g/mol. The third-order valence-electron chi connectivity index (χ3n) is 5.27. The molecule has 2 unspecified atom stereocenters. The van der Waals surface area contributed by atoms with Gasteiger partial charge in [0, 0.05) is 30.9 Å². The van der Waals surface area contributed by atoms with Gasteiger partial charge in [-0.1, -0.05) is 19.0 Å². The third-order valence-corrected chi connectivity index (χ3v) is 5.27. The lowest BCUT2D eigenvalue weighted by molar-refractivity contribution is -0.134. The first-order chi connectivity index (χ1) is 15.5. The van der Waals surface area contributed by atoms with Crippen molar-refractivity contribution >= 4 is 29.4 Å². The van der Waals surface area contributed by atoms with Crippen molar-refractivity contribution in [3.8, 4) is 0 Å². The van der Waals surface area contributed by atoms with Crippen LogP contribution in [0.25, 0.3) is 0 Å². The van der Waals surface area contributed by atoms with E-state index >= 15 is 0 Å². The van der Waals surface area contributed by atoms with Gasteiger partial charge < -0.3 is 15.2 Å². The molecular formula is C21H25N7O4. The predicted molar refractivity (Wildman–Crippen MR) is 115 cm³/mol. The summed E-state index contributed by atoms with van der Waals surface area (Å²) in [4.78, 5) is 49.7.